The Bertz CT molecular complexity index is 6430. The highest BCUT2D eigenvalue weighted by Gasteiger charge is 2.56. The van der Waals surface area contributed by atoms with E-state index in [1.54, 1.807) is 52.8 Å². The first-order valence-corrected chi connectivity index (χ1v) is 47.3. The van der Waals surface area contributed by atoms with E-state index >= 15 is 0 Å². The van der Waals surface area contributed by atoms with Crippen LogP contribution in [0.1, 0.15) is 182 Å². The van der Waals surface area contributed by atoms with Crippen molar-refractivity contribution in [2.45, 2.75) is 232 Å². The Balaban J connectivity index is 0.000000123. The molecule has 11 aromatic rings. The number of hydrogen-bond acceptors (Lipinski definition) is 18. The van der Waals surface area contributed by atoms with Gasteiger partial charge in [-0.3, -0.25) is 33.2 Å². The summed E-state index contributed by atoms with van der Waals surface area (Å²) in [7, 11) is 3.87. The Kier molecular flexibility index (Phi) is 27.2. The van der Waals surface area contributed by atoms with Crippen LogP contribution in [0.5, 0.6) is 46.0 Å². The van der Waals surface area contributed by atoms with Crippen LogP contribution < -0.4 is 49.5 Å². The summed E-state index contributed by atoms with van der Waals surface area (Å²) in [6.07, 6.45) is 18.3. The van der Waals surface area contributed by atoms with Crippen molar-refractivity contribution in [1.82, 2.24) is 45.0 Å². The van der Waals surface area contributed by atoms with Crippen molar-refractivity contribution in [3.05, 3.63) is 213 Å². The van der Waals surface area contributed by atoms with Gasteiger partial charge in [0.2, 0.25) is 23.6 Å². The molecule has 0 radical (unpaired) electrons. The highest BCUT2D eigenvalue weighted by atomic mass is 79.9. The van der Waals surface area contributed by atoms with Crippen molar-refractivity contribution in [3.8, 4) is 68.5 Å². The highest BCUT2D eigenvalue weighted by molar-refractivity contribution is 9.10. The number of rotatable bonds is 16. The smallest absolute Gasteiger partial charge is 0.457 e. The average molecular weight is 1950 g/mol. The number of aryl methyl sites for hydroxylation is 3. The third-order valence-electron chi connectivity index (χ3n) is 27.5. The van der Waals surface area contributed by atoms with Crippen molar-refractivity contribution in [1.29, 1.82) is 0 Å². The molecule has 21 rings (SSSR count). The lowest BCUT2D eigenvalue weighted by molar-refractivity contribution is -0.121. The maximum Gasteiger partial charge on any atom is 0.498 e. The van der Waals surface area contributed by atoms with Crippen LogP contribution in [0, 0.1) is 70.2 Å². The first-order valence-electron chi connectivity index (χ1n) is 46.5. The van der Waals surface area contributed by atoms with Gasteiger partial charge in [-0.25, -0.2) is 35.1 Å². The van der Waals surface area contributed by atoms with Crippen molar-refractivity contribution in [2.24, 2.45) is 44.8 Å². The lowest BCUT2D eigenvalue weighted by Crippen LogP contribution is -2.44. The molecule has 4 aliphatic carbocycles. The van der Waals surface area contributed by atoms with Crippen LogP contribution in [0.4, 0.5) is 57.9 Å². The summed E-state index contributed by atoms with van der Waals surface area (Å²) >= 11 is 3.14. The molecule has 25 nitrogen and oxygen atoms in total. The van der Waals surface area contributed by atoms with Crippen molar-refractivity contribution in [3.63, 3.8) is 0 Å². The Labute approximate surface area is 798 Å². The van der Waals surface area contributed by atoms with E-state index in [1.807, 2.05) is 138 Å². The maximum atomic E-state index is 14.6. The van der Waals surface area contributed by atoms with Crippen molar-refractivity contribution >= 4 is 87.5 Å². The third-order valence-corrected chi connectivity index (χ3v) is 27.9. The summed E-state index contributed by atoms with van der Waals surface area (Å²) in [5.41, 5.74) is 7.81. The lowest BCUT2D eigenvalue weighted by Gasteiger charge is -2.37. The SMILES string of the molecule is C[C@H]1CCc2c(ccc(-c3cn(C)nn3)c2Oc2cc(F)ccc2F)N1C(=O)C1CC1.C[C@H]1CCc2c(ccc(-c3cn(C)nn3)c2Oc2ccc(F)c(F)c2)N1C(=O)C1CC1.C[C@H]1CCc2c(ccc(B3OC(C)(C)C(C)(C)O3)c2Oc2cc(F)ccc2F)N1C(=O)C1CC1.C[C@H]1CCc2c(ccc(B3OC(C)(C)C(C)(C)O3)c2Oc2ccc(F)c(F)c2)N1C(=O)C1CC1.Cn1cc(Br)nn1. The molecule has 0 bridgehead atoms. The second-order valence-electron chi connectivity index (χ2n) is 39.0. The van der Waals surface area contributed by atoms with Gasteiger partial charge < -0.3 is 57.2 Å². The maximum absolute atomic E-state index is 14.6. The van der Waals surface area contributed by atoms with E-state index in [0.717, 1.165) is 187 Å². The number of carbonyl (C=O) groups excluding carboxylic acids is 4. The molecule has 3 aromatic heterocycles. The fraction of sp³-hybridized carbons (Fsp3) is 0.426. The second-order valence-corrected chi connectivity index (χ2v) is 39.8. The standard InChI is InChI=1S/2C26H30BF2NO4.2C23H22F2N4O2.C3H4BrN3/c1-15-6-10-18-22(30(15)24(31)16-7-8-16)13-11-19(27-33-25(2,3)26(4,5)34-27)23(18)32-17-9-12-20(28)21(29)14-17;1-15-6-10-18-21(30(15)24(31)16-7-8-16)13-11-19(27-33-25(2,3)26(4,5)34-27)23(18)32-22-14-17(28)9-12-20(22)29;1-13-3-7-17-20(29(13)23(30)14-4-5-14)10-8-16(19-12-28(2)27-26-19)22(17)31-21-11-15(24)6-9-18(21)25;1-13-3-7-17-21(29(13)23(30)14-4-5-14)10-8-16(20-12-28(2)27-26-20)22(17)31-15-6-9-18(24)19(25)11-15;1-7-2-3(4)5-6-7/h2*9,11-16H,6-8,10H2,1-5H3;2*6,8-14H,3-5,7H2,1-2H3;2H,1H3/t2*15-;2*13-;/m0000./s1. The molecule has 0 N–H and O–H groups in total. The number of nitrogens with zero attached hydrogens (tertiary/aromatic N) is 13. The van der Waals surface area contributed by atoms with Crippen LogP contribution >= 0.6 is 15.9 Å². The topological polar surface area (TPSA) is 247 Å². The van der Waals surface area contributed by atoms with Gasteiger partial charge in [0.25, 0.3) is 0 Å². The van der Waals surface area contributed by atoms with E-state index < -0.39 is 83.2 Å². The minimum atomic E-state index is -0.987. The molecule has 8 aromatic carbocycles. The molecule has 4 atom stereocenters. The number of hydrogen-bond donors (Lipinski definition) is 0. The van der Waals surface area contributed by atoms with E-state index in [-0.39, 0.29) is 94.5 Å². The summed E-state index contributed by atoms with van der Waals surface area (Å²) in [6, 6.07) is 28.4. The highest BCUT2D eigenvalue weighted by Crippen LogP contribution is 2.52. The number of fused-ring (bicyclic) bond motifs is 4. The molecule has 4 amide bonds. The summed E-state index contributed by atoms with van der Waals surface area (Å²) in [6.45, 7) is 23.9. The predicted octanol–water partition coefficient (Wildman–Crippen LogP) is 20.1. The van der Waals surface area contributed by atoms with E-state index in [4.69, 9.17) is 37.6 Å². The molecule has 0 spiro atoms. The van der Waals surface area contributed by atoms with Crippen LogP contribution in [0.2, 0.25) is 0 Å². The summed E-state index contributed by atoms with van der Waals surface area (Å²) in [4.78, 5) is 59.7. The molecule has 4 saturated carbocycles. The second kappa shape index (κ2) is 38.5. The van der Waals surface area contributed by atoms with Crippen molar-refractivity contribution < 1.29 is 91.9 Å². The monoisotopic (exact) mass is 1950 g/mol. The Morgan fingerprint density at radius 1 is 0.350 bits per heavy atom. The number of ether oxygens (including phenoxy) is 4. The Morgan fingerprint density at radius 2 is 0.642 bits per heavy atom. The van der Waals surface area contributed by atoms with Crippen LogP contribution in [-0.4, -0.2) is 129 Å². The first kappa shape index (κ1) is 96.8. The van der Waals surface area contributed by atoms with Crippen LogP contribution in [-0.2, 0) is 84.6 Å². The molecule has 718 valence electrons. The van der Waals surface area contributed by atoms with Gasteiger partial charge >= 0.3 is 14.2 Å². The number of anilines is 4. The summed E-state index contributed by atoms with van der Waals surface area (Å²) < 4.78 is 167. The van der Waals surface area contributed by atoms with Gasteiger partial charge in [-0.05, 0) is 287 Å². The molecule has 9 heterocycles. The van der Waals surface area contributed by atoms with Gasteiger partial charge in [0.1, 0.15) is 62.1 Å². The van der Waals surface area contributed by atoms with Gasteiger partial charge in [-0.1, -0.05) is 27.8 Å². The van der Waals surface area contributed by atoms with E-state index in [0.29, 0.717) is 82.1 Å². The number of halogens is 9. The van der Waals surface area contributed by atoms with Gasteiger partial charge in [0.15, 0.2) is 46.4 Å². The first-order chi connectivity index (χ1) is 65.1. The summed E-state index contributed by atoms with van der Waals surface area (Å²) in [5.74, 6) is -3.98. The van der Waals surface area contributed by atoms with Gasteiger partial charge in [-0.2, -0.15) is 0 Å². The minimum absolute atomic E-state index is 0.0436. The van der Waals surface area contributed by atoms with Crippen LogP contribution in [0.3, 0.4) is 0 Å². The predicted molar refractivity (Wildman–Crippen MR) is 504 cm³/mol. The van der Waals surface area contributed by atoms with Crippen LogP contribution in [0.15, 0.2) is 145 Å². The zero-order valence-corrected chi connectivity index (χ0v) is 80.6. The molecule has 36 heteroatoms. The van der Waals surface area contributed by atoms with Gasteiger partial charge in [0, 0.05) is 138 Å². The fourth-order valence-corrected chi connectivity index (χ4v) is 18.2. The largest absolute Gasteiger partial charge is 0.498 e. The number of aromatic nitrogens is 9. The Hall–Kier alpha value is -11.9. The average Bonchev–Trinajstić information content (AvgIpc) is 1.69. The molecule has 2 saturated heterocycles. The minimum Gasteiger partial charge on any atom is -0.457 e. The molecular weight excluding hydrogens is 1840 g/mol. The quantitative estimate of drug-likeness (QED) is 0.0644. The zero-order chi connectivity index (χ0) is 97.5. The molecule has 6 aliphatic heterocycles. The van der Waals surface area contributed by atoms with E-state index in [9.17, 15) is 54.3 Å². The van der Waals surface area contributed by atoms with Crippen molar-refractivity contribution in [2.75, 3.05) is 19.6 Å². The number of carbonyl (C=O) groups is 4. The van der Waals surface area contributed by atoms with E-state index in [1.165, 1.54) is 12.1 Å². The lowest BCUT2D eigenvalue weighted by atomic mass is 9.76. The molecule has 0 unspecified atom stereocenters. The molecule has 10 aliphatic rings. The third kappa shape index (κ3) is 20.4. The fourth-order valence-electron chi connectivity index (χ4n) is 17.8. The van der Waals surface area contributed by atoms with Crippen LogP contribution in [0.25, 0.3) is 22.5 Å². The van der Waals surface area contributed by atoms with E-state index in [2.05, 4.69) is 60.7 Å². The molecule has 137 heavy (non-hydrogen) atoms. The molecular formula is C101H108B2BrF8N13O12. The summed E-state index contributed by atoms with van der Waals surface area (Å²) in [5, 5.41) is 23.6. The normalized spacial score (nSPS) is 20.1. The number of benzene rings is 8. The Morgan fingerprint density at radius 3 is 0.942 bits per heavy atom. The van der Waals surface area contributed by atoms with Gasteiger partial charge in [0.05, 0.1) is 63.7 Å². The molecule has 6 fully saturated rings. The zero-order valence-electron chi connectivity index (χ0n) is 79.0. The number of amides is 4. The van der Waals surface area contributed by atoms with Gasteiger partial charge in [-0.15, -0.1) is 15.3 Å².